The molecule has 2 aromatic rings. The highest BCUT2D eigenvalue weighted by atomic mass is 28.3. The number of pyridine rings is 1. The van der Waals surface area contributed by atoms with Gasteiger partial charge in [0.1, 0.15) is 11.9 Å². The smallest absolute Gasteiger partial charge is 0.306 e. The van der Waals surface area contributed by atoms with Crippen LogP contribution in [-0.4, -0.2) is 54.5 Å². The number of halogens is 1. The number of methoxy groups -OCH3 is 1. The summed E-state index contributed by atoms with van der Waals surface area (Å²) >= 11 is 0. The van der Waals surface area contributed by atoms with Crippen LogP contribution < -0.4 is 15.2 Å². The molecule has 10 heteroatoms. The summed E-state index contributed by atoms with van der Waals surface area (Å²) in [6.07, 6.45) is 0.961. The molecule has 1 aliphatic heterocycles. The molecule has 2 heterocycles. The van der Waals surface area contributed by atoms with Gasteiger partial charge in [-0.2, -0.15) is 0 Å². The van der Waals surface area contributed by atoms with Crippen molar-refractivity contribution in [1.82, 2.24) is 9.88 Å². The molecule has 0 saturated heterocycles. The third-order valence-corrected chi connectivity index (χ3v) is 8.82. The standard InChI is InChI=1S/C25H30FN3O5Si/c1-34-21-8-6-17-19(28-21)9-10-29(24(31)14-11-15(12-14)25(32)33)22(17)23(30)27-16-5-7-20(18(26)13-16)35(2,3)4/h5-8,13-15,22H,9-12H2,1-4H3,(H,27,30)(H,32,33)/t14-,15+,22-/m1/s1. The summed E-state index contributed by atoms with van der Waals surface area (Å²) in [5, 5.41) is 12.6. The van der Waals surface area contributed by atoms with E-state index >= 15 is 0 Å². The predicted octanol–water partition coefficient (Wildman–Crippen LogP) is 2.95. The van der Waals surface area contributed by atoms with Crippen molar-refractivity contribution in [3.05, 3.63) is 47.4 Å². The summed E-state index contributed by atoms with van der Waals surface area (Å²) in [5.41, 5.74) is 1.55. The molecule has 2 aliphatic rings. The van der Waals surface area contributed by atoms with Crippen LogP contribution in [0.5, 0.6) is 5.88 Å². The Morgan fingerprint density at radius 2 is 1.86 bits per heavy atom. The Balaban J connectivity index is 1.62. The molecule has 2 N–H and O–H groups in total. The highest BCUT2D eigenvalue weighted by Crippen LogP contribution is 2.39. The van der Waals surface area contributed by atoms with Gasteiger partial charge in [-0.3, -0.25) is 14.4 Å². The van der Waals surface area contributed by atoms with Crippen molar-refractivity contribution in [1.29, 1.82) is 0 Å². The van der Waals surface area contributed by atoms with E-state index < -0.39 is 37.8 Å². The number of amides is 2. The fourth-order valence-electron chi connectivity index (χ4n) is 4.77. The zero-order valence-electron chi connectivity index (χ0n) is 20.3. The number of aromatic nitrogens is 1. The van der Waals surface area contributed by atoms with Crippen molar-refractivity contribution in [3.8, 4) is 5.88 Å². The Morgan fingerprint density at radius 3 is 2.46 bits per heavy atom. The Bertz CT molecular complexity index is 1180. The molecule has 1 aliphatic carbocycles. The summed E-state index contributed by atoms with van der Waals surface area (Å²) in [7, 11) is -0.377. The van der Waals surface area contributed by atoms with Gasteiger partial charge in [0.15, 0.2) is 0 Å². The number of carbonyl (C=O) groups is 3. The molecule has 186 valence electrons. The molecule has 1 atom stereocenters. The fraction of sp³-hybridized carbons (Fsp3) is 0.440. The molecule has 4 rings (SSSR count). The average molecular weight is 500 g/mol. The highest BCUT2D eigenvalue weighted by Gasteiger charge is 2.45. The molecule has 0 spiro atoms. The molecule has 8 nitrogen and oxygen atoms in total. The van der Waals surface area contributed by atoms with Gasteiger partial charge in [-0.1, -0.05) is 25.7 Å². The molecule has 1 aromatic heterocycles. The van der Waals surface area contributed by atoms with Crippen LogP contribution in [0.1, 0.15) is 30.1 Å². The van der Waals surface area contributed by atoms with E-state index in [1.807, 2.05) is 19.6 Å². The number of benzene rings is 1. The Morgan fingerprint density at radius 1 is 1.14 bits per heavy atom. The number of ether oxygens (including phenoxy) is 1. The van der Waals surface area contributed by atoms with Crippen LogP contribution in [0.15, 0.2) is 30.3 Å². The monoisotopic (exact) mass is 499 g/mol. The zero-order chi connectivity index (χ0) is 25.5. The SMILES string of the molecule is COc1ccc2c(n1)CCN(C(=O)[C@H]1C[C@@H](C(=O)O)C1)[C@H]2C(=O)Nc1ccc([Si](C)(C)C)c(F)c1. The third kappa shape index (κ3) is 4.93. The molecule has 0 unspecified atom stereocenters. The summed E-state index contributed by atoms with van der Waals surface area (Å²) in [4.78, 5) is 44.0. The lowest BCUT2D eigenvalue weighted by Gasteiger charge is -2.41. The molecular formula is C25H30FN3O5Si. The van der Waals surface area contributed by atoms with Crippen molar-refractivity contribution in [2.75, 3.05) is 19.0 Å². The first-order valence-corrected chi connectivity index (χ1v) is 15.2. The van der Waals surface area contributed by atoms with Crippen LogP contribution in [0.3, 0.4) is 0 Å². The maximum atomic E-state index is 14.8. The minimum Gasteiger partial charge on any atom is -0.481 e. The van der Waals surface area contributed by atoms with E-state index in [2.05, 4.69) is 10.3 Å². The summed E-state index contributed by atoms with van der Waals surface area (Å²) in [5.74, 6) is -2.55. The number of nitrogens with one attached hydrogen (secondary N) is 1. The Labute approximate surface area is 204 Å². The van der Waals surface area contributed by atoms with E-state index in [9.17, 15) is 23.9 Å². The number of carboxylic acids is 1. The number of carboxylic acid groups (broad SMARTS) is 1. The first kappa shape index (κ1) is 24.8. The van der Waals surface area contributed by atoms with Gasteiger partial charge in [0.25, 0.3) is 5.91 Å². The van der Waals surface area contributed by atoms with Crippen molar-refractivity contribution in [2.45, 2.75) is 44.9 Å². The third-order valence-electron chi connectivity index (χ3n) is 6.80. The summed E-state index contributed by atoms with van der Waals surface area (Å²) in [6, 6.07) is 7.10. The second-order valence-corrected chi connectivity index (χ2v) is 15.2. The molecule has 35 heavy (non-hydrogen) atoms. The quantitative estimate of drug-likeness (QED) is 0.592. The lowest BCUT2D eigenvalue weighted by Crippen LogP contribution is -2.50. The van der Waals surface area contributed by atoms with E-state index in [1.165, 1.54) is 18.1 Å². The number of fused-ring (bicyclic) bond motifs is 1. The largest absolute Gasteiger partial charge is 0.481 e. The minimum absolute atomic E-state index is 0.246. The minimum atomic E-state index is -1.88. The van der Waals surface area contributed by atoms with Crippen molar-refractivity contribution in [3.63, 3.8) is 0 Å². The number of hydrogen-bond donors (Lipinski definition) is 2. The van der Waals surface area contributed by atoms with Gasteiger partial charge < -0.3 is 20.1 Å². The molecule has 1 saturated carbocycles. The van der Waals surface area contributed by atoms with E-state index in [1.54, 1.807) is 24.3 Å². The molecule has 2 amide bonds. The summed E-state index contributed by atoms with van der Waals surface area (Å²) < 4.78 is 20.0. The first-order chi connectivity index (χ1) is 16.5. The number of nitrogens with zero attached hydrogens (tertiary/aromatic N) is 2. The number of carbonyl (C=O) groups excluding carboxylic acids is 2. The summed E-state index contributed by atoms with van der Waals surface area (Å²) in [6.45, 7) is 6.40. The highest BCUT2D eigenvalue weighted by molar-refractivity contribution is 6.88. The second kappa shape index (κ2) is 9.41. The van der Waals surface area contributed by atoms with Crippen LogP contribution in [-0.2, 0) is 20.8 Å². The van der Waals surface area contributed by atoms with Crippen LogP contribution in [0, 0.1) is 17.7 Å². The van der Waals surface area contributed by atoms with Crippen LogP contribution in [0.25, 0.3) is 0 Å². The lowest BCUT2D eigenvalue weighted by molar-refractivity contribution is -0.154. The van der Waals surface area contributed by atoms with Crippen molar-refractivity contribution in [2.24, 2.45) is 11.8 Å². The second-order valence-electron chi connectivity index (χ2n) is 10.2. The number of aliphatic carboxylic acids is 1. The van der Waals surface area contributed by atoms with Gasteiger partial charge in [-0.15, -0.1) is 0 Å². The number of rotatable bonds is 6. The Hall–Kier alpha value is -3.27. The van der Waals surface area contributed by atoms with Gasteiger partial charge in [0.2, 0.25) is 11.8 Å². The van der Waals surface area contributed by atoms with Crippen molar-refractivity contribution >= 4 is 36.7 Å². The van der Waals surface area contributed by atoms with Gasteiger partial charge in [0.05, 0.1) is 26.8 Å². The maximum Gasteiger partial charge on any atom is 0.306 e. The molecule has 0 radical (unpaired) electrons. The molecular weight excluding hydrogens is 469 g/mol. The molecule has 1 fully saturated rings. The lowest BCUT2D eigenvalue weighted by atomic mass is 9.73. The first-order valence-electron chi connectivity index (χ1n) is 11.7. The number of anilines is 1. The van der Waals surface area contributed by atoms with Crippen molar-refractivity contribution < 1.29 is 28.6 Å². The van der Waals surface area contributed by atoms with E-state index in [4.69, 9.17) is 4.74 Å². The van der Waals surface area contributed by atoms with Gasteiger partial charge in [0, 0.05) is 36.2 Å². The van der Waals surface area contributed by atoms with Crippen LogP contribution in [0.4, 0.5) is 10.1 Å². The predicted molar refractivity (Wildman–Crippen MR) is 131 cm³/mol. The zero-order valence-corrected chi connectivity index (χ0v) is 21.3. The van der Waals surface area contributed by atoms with Crippen LogP contribution in [0.2, 0.25) is 19.6 Å². The maximum absolute atomic E-state index is 14.8. The van der Waals surface area contributed by atoms with E-state index in [-0.39, 0.29) is 31.1 Å². The molecule has 1 aromatic carbocycles. The Kier molecular flexibility index (Phi) is 6.68. The van der Waals surface area contributed by atoms with Gasteiger partial charge >= 0.3 is 5.97 Å². The van der Waals surface area contributed by atoms with E-state index in [0.29, 0.717) is 34.4 Å². The molecule has 0 bridgehead atoms. The fourth-order valence-corrected chi connectivity index (χ4v) is 6.14. The number of hydrogen-bond acceptors (Lipinski definition) is 5. The topological polar surface area (TPSA) is 109 Å². The average Bonchev–Trinajstić information content (AvgIpc) is 2.75. The van der Waals surface area contributed by atoms with Crippen LogP contribution >= 0.6 is 0 Å². The van der Waals surface area contributed by atoms with Gasteiger partial charge in [-0.05, 0) is 36.2 Å². The normalized spacial score (nSPS) is 21.5. The van der Waals surface area contributed by atoms with Gasteiger partial charge in [-0.25, -0.2) is 9.37 Å². The van der Waals surface area contributed by atoms with E-state index in [0.717, 1.165) is 0 Å².